The number of aryl methyl sites for hydroxylation is 2. The zero-order valence-electron chi connectivity index (χ0n) is 23.5. The summed E-state index contributed by atoms with van der Waals surface area (Å²) in [6.45, 7) is 8.94. The molecule has 2 aliphatic heterocycles. The number of hydrogen-bond acceptors (Lipinski definition) is 4. The number of nitrogens with zero attached hydrogens (tertiary/aromatic N) is 2. The molecule has 40 heavy (non-hydrogen) atoms. The van der Waals surface area contributed by atoms with Gasteiger partial charge in [0.25, 0.3) is 0 Å². The van der Waals surface area contributed by atoms with Crippen molar-refractivity contribution >= 4 is 0 Å². The van der Waals surface area contributed by atoms with E-state index in [0.717, 1.165) is 69.0 Å². The van der Waals surface area contributed by atoms with Gasteiger partial charge >= 0.3 is 0 Å². The molecule has 2 aliphatic carbocycles. The van der Waals surface area contributed by atoms with Crippen molar-refractivity contribution in [1.82, 2.24) is 30.6 Å². The molecule has 4 heterocycles. The van der Waals surface area contributed by atoms with Crippen LogP contribution >= 0.6 is 0 Å². The number of piperidine rings is 2. The minimum absolute atomic E-state index is 0.356. The predicted octanol–water partition coefficient (Wildman–Crippen LogP) is 5.82. The van der Waals surface area contributed by atoms with Gasteiger partial charge in [0.15, 0.2) is 0 Å². The van der Waals surface area contributed by atoms with Crippen LogP contribution in [0.1, 0.15) is 72.7 Å². The molecule has 4 fully saturated rings. The van der Waals surface area contributed by atoms with Gasteiger partial charge in [-0.2, -0.15) is 0 Å². The summed E-state index contributed by atoms with van der Waals surface area (Å²) in [7, 11) is 0. The lowest BCUT2D eigenvalue weighted by atomic mass is 10.0. The third-order valence-electron chi connectivity index (χ3n) is 10.2. The van der Waals surface area contributed by atoms with Gasteiger partial charge in [0.1, 0.15) is 11.6 Å². The molecule has 6 heteroatoms. The molecule has 0 amide bonds. The van der Waals surface area contributed by atoms with Crippen molar-refractivity contribution in [3.05, 3.63) is 82.7 Å². The first-order valence-electron chi connectivity index (χ1n) is 14.8. The molecule has 4 aliphatic rings. The van der Waals surface area contributed by atoms with E-state index < -0.39 is 0 Å². The van der Waals surface area contributed by atoms with Crippen LogP contribution in [0.2, 0.25) is 0 Å². The quantitative estimate of drug-likeness (QED) is 0.252. The smallest absolute Gasteiger partial charge is 0.123 e. The lowest BCUT2D eigenvalue weighted by Gasteiger charge is -2.11. The van der Waals surface area contributed by atoms with E-state index in [1.165, 1.54) is 24.0 Å². The third-order valence-corrected chi connectivity index (χ3v) is 10.2. The fraction of sp³-hybridized carbons (Fsp3) is 0.412. The number of nitrogens with one attached hydrogen (secondary N) is 4. The number of aromatic amines is 2. The first-order valence-corrected chi connectivity index (χ1v) is 14.8. The van der Waals surface area contributed by atoms with Crippen molar-refractivity contribution in [2.45, 2.75) is 64.7 Å². The third kappa shape index (κ3) is 4.03. The molecule has 0 bridgehead atoms. The second-order valence-corrected chi connectivity index (χ2v) is 12.7. The minimum Gasteiger partial charge on any atom is -0.341 e. The van der Waals surface area contributed by atoms with Gasteiger partial charge in [0.05, 0.1) is 35.9 Å². The summed E-state index contributed by atoms with van der Waals surface area (Å²) in [4.78, 5) is 16.5. The van der Waals surface area contributed by atoms with E-state index in [1.807, 2.05) is 12.4 Å². The van der Waals surface area contributed by atoms with Crippen LogP contribution < -0.4 is 10.6 Å². The molecule has 8 rings (SSSR count). The highest BCUT2D eigenvalue weighted by Gasteiger charge is 2.54. The maximum absolute atomic E-state index is 4.69. The maximum Gasteiger partial charge on any atom is 0.123 e. The number of aromatic nitrogens is 4. The molecule has 6 nitrogen and oxygen atoms in total. The van der Waals surface area contributed by atoms with Gasteiger partial charge < -0.3 is 20.6 Å². The van der Waals surface area contributed by atoms with Crippen LogP contribution in [-0.2, 0) is 0 Å². The summed E-state index contributed by atoms with van der Waals surface area (Å²) >= 11 is 0. The van der Waals surface area contributed by atoms with E-state index in [-0.39, 0.29) is 0 Å². The van der Waals surface area contributed by atoms with Crippen molar-refractivity contribution in [1.29, 1.82) is 0 Å². The van der Waals surface area contributed by atoms with Crippen molar-refractivity contribution < 1.29 is 0 Å². The van der Waals surface area contributed by atoms with E-state index in [0.29, 0.717) is 24.2 Å². The fourth-order valence-corrected chi connectivity index (χ4v) is 7.29. The minimum atomic E-state index is 0.356. The second-order valence-electron chi connectivity index (χ2n) is 12.7. The average molecular weight is 529 g/mol. The fourth-order valence-electron chi connectivity index (χ4n) is 7.29. The molecule has 4 aromatic rings. The number of benzene rings is 2. The van der Waals surface area contributed by atoms with Crippen molar-refractivity contribution in [2.24, 2.45) is 23.7 Å². The molecule has 0 spiro atoms. The molecule has 202 valence electrons. The monoisotopic (exact) mass is 528 g/mol. The first-order chi connectivity index (χ1) is 19.4. The Morgan fingerprint density at radius 1 is 0.675 bits per heavy atom. The standard InChI is InChI=1S/C34H36N6/c1-17-11-23(29-15-35-33(39-29)27-13-25-19(3)31(25)37-27)9-7-21(17)5-6-22-8-10-24(12-18(22)2)30-16-36-34(40-30)28-14-26-20(4)32(26)38-28/h7-12,15-16,19-20,25-28,31-32,37-38H,13-14H2,1-4H3,(H,35,39)(H,36,40)/t19-,20?,25+,26+,27+,28+,31-,32-/m1/s1. The van der Waals surface area contributed by atoms with Crippen molar-refractivity contribution in [3.63, 3.8) is 0 Å². The van der Waals surface area contributed by atoms with Gasteiger partial charge in [-0.1, -0.05) is 37.8 Å². The number of hydrogen-bond donors (Lipinski definition) is 4. The first kappa shape index (κ1) is 24.2. The van der Waals surface area contributed by atoms with Crippen molar-refractivity contribution in [2.75, 3.05) is 0 Å². The van der Waals surface area contributed by atoms with Gasteiger partial charge in [0, 0.05) is 23.2 Å². The Morgan fingerprint density at radius 2 is 1.12 bits per heavy atom. The Labute approximate surface area is 235 Å². The molecular formula is C34H36N6. The summed E-state index contributed by atoms with van der Waals surface area (Å²) in [5, 5.41) is 7.45. The molecule has 1 unspecified atom stereocenters. The molecule has 0 radical (unpaired) electrons. The van der Waals surface area contributed by atoms with Crippen LogP contribution in [0.3, 0.4) is 0 Å². The van der Waals surface area contributed by atoms with Crippen LogP contribution in [-0.4, -0.2) is 32.0 Å². The summed E-state index contributed by atoms with van der Waals surface area (Å²) in [6.07, 6.45) is 6.30. The van der Waals surface area contributed by atoms with Gasteiger partial charge in [-0.15, -0.1) is 0 Å². The van der Waals surface area contributed by atoms with Crippen LogP contribution in [0.5, 0.6) is 0 Å². The Balaban J connectivity index is 0.957. The highest BCUT2D eigenvalue weighted by atomic mass is 15.1. The van der Waals surface area contributed by atoms with Crippen LogP contribution in [0, 0.1) is 49.4 Å². The van der Waals surface area contributed by atoms with Crippen LogP contribution in [0.15, 0.2) is 48.8 Å². The summed E-state index contributed by atoms with van der Waals surface area (Å²) < 4.78 is 0. The average Bonchev–Trinajstić information content (AvgIpc) is 3.52. The molecule has 2 aromatic carbocycles. The van der Waals surface area contributed by atoms with E-state index in [1.54, 1.807) is 0 Å². The van der Waals surface area contributed by atoms with E-state index >= 15 is 0 Å². The molecule has 8 atom stereocenters. The Morgan fingerprint density at radius 3 is 1.50 bits per heavy atom. The lowest BCUT2D eigenvalue weighted by molar-refractivity contribution is 0.498. The molecule has 2 saturated heterocycles. The second kappa shape index (κ2) is 8.92. The highest BCUT2D eigenvalue weighted by molar-refractivity contribution is 5.64. The molecule has 2 aromatic heterocycles. The van der Waals surface area contributed by atoms with Crippen molar-refractivity contribution in [3.8, 4) is 34.4 Å². The lowest BCUT2D eigenvalue weighted by Crippen LogP contribution is -2.21. The van der Waals surface area contributed by atoms with Gasteiger partial charge in [-0.05, 0) is 96.9 Å². The SMILES string of the molecule is Cc1cc(-c2cnc([C@@H]3C[C@H]4[C@@H](C)[C@H]4N3)[nH]2)ccc1C#Cc1ccc(-c2cnc([C@@H]3C[C@H]4C(C)[C@H]4N3)[nH]2)cc1C. The van der Waals surface area contributed by atoms with E-state index in [2.05, 4.69) is 96.5 Å². The van der Waals surface area contributed by atoms with Gasteiger partial charge in [-0.3, -0.25) is 0 Å². The number of fused-ring (bicyclic) bond motifs is 2. The van der Waals surface area contributed by atoms with Gasteiger partial charge in [0.2, 0.25) is 0 Å². The van der Waals surface area contributed by atoms with Gasteiger partial charge in [-0.25, -0.2) is 9.97 Å². The van der Waals surface area contributed by atoms with E-state index in [9.17, 15) is 0 Å². The zero-order chi connectivity index (χ0) is 27.1. The number of rotatable bonds is 4. The number of H-pyrrole nitrogens is 2. The van der Waals surface area contributed by atoms with E-state index in [4.69, 9.17) is 9.97 Å². The summed E-state index contributed by atoms with van der Waals surface area (Å²) in [5.74, 6) is 12.2. The highest BCUT2D eigenvalue weighted by Crippen LogP contribution is 2.51. The Kier molecular flexibility index (Phi) is 5.39. The predicted molar refractivity (Wildman–Crippen MR) is 157 cm³/mol. The molecule has 2 saturated carbocycles. The number of imidazole rings is 2. The summed E-state index contributed by atoms with van der Waals surface area (Å²) in [5.41, 5.74) is 8.87. The van der Waals surface area contributed by atoms with Crippen LogP contribution in [0.25, 0.3) is 22.5 Å². The molecule has 4 N–H and O–H groups in total. The Hall–Kier alpha value is -3.66. The zero-order valence-corrected chi connectivity index (χ0v) is 23.5. The topological polar surface area (TPSA) is 81.4 Å². The summed E-state index contributed by atoms with van der Waals surface area (Å²) in [6, 6.07) is 15.0. The normalized spacial score (nSPS) is 31.4. The maximum atomic E-state index is 4.69. The largest absolute Gasteiger partial charge is 0.341 e. The molecular weight excluding hydrogens is 492 g/mol. The van der Waals surface area contributed by atoms with Crippen LogP contribution in [0.4, 0.5) is 0 Å². The Bertz CT molecular complexity index is 1540.